The van der Waals surface area contributed by atoms with Crippen LogP contribution in [0, 0.1) is 0 Å². The second kappa shape index (κ2) is 3.52. The van der Waals surface area contributed by atoms with Gasteiger partial charge in [0.25, 0.3) is 0 Å². The van der Waals surface area contributed by atoms with Crippen molar-refractivity contribution in [3.05, 3.63) is 59.7 Å². The predicted octanol–water partition coefficient (Wildman–Crippen LogP) is 1.50. The van der Waals surface area contributed by atoms with Crippen LogP contribution in [-0.4, -0.2) is 29.9 Å². The van der Waals surface area contributed by atoms with E-state index < -0.39 is 0 Å². The quantitative estimate of drug-likeness (QED) is 0.622. The number of rotatable bonds is 0. The Kier molecular flexibility index (Phi) is 2.21. The molecule has 0 aromatic heterocycles. The minimum atomic E-state index is 0.375. The molecule has 0 spiro atoms. The molecule has 2 atom stereocenters. The summed E-state index contributed by atoms with van der Waals surface area (Å²) < 4.78 is 4.01. The van der Waals surface area contributed by atoms with E-state index in [0.717, 1.165) is 0 Å². The second-order valence-electron chi connectivity index (χ2n) is 5.26. The number of fused-ring (bicyclic) bond motifs is 5. The summed E-state index contributed by atoms with van der Waals surface area (Å²) in [6, 6.07) is 18.3. The van der Waals surface area contributed by atoms with Gasteiger partial charge < -0.3 is 0 Å². The Morgan fingerprint density at radius 3 is 1.50 bits per heavy atom. The Bertz CT molecular complexity index is 592. The van der Waals surface area contributed by atoms with Crippen molar-refractivity contribution >= 4 is 38.8 Å². The third-order valence-electron chi connectivity index (χ3n) is 4.34. The Morgan fingerprint density at radius 1 is 0.667 bits per heavy atom. The van der Waals surface area contributed by atoms with Crippen molar-refractivity contribution in [1.82, 2.24) is 0 Å². The van der Waals surface area contributed by atoms with Crippen LogP contribution in [0.4, 0.5) is 0 Å². The van der Waals surface area contributed by atoms with Gasteiger partial charge in [-0.2, -0.15) is 0 Å². The number of hydrogen-bond donors (Lipinski definition) is 0. The molecule has 2 aliphatic heterocycles. The fraction of sp³-hybridized carbons (Fsp3) is 0.250. The summed E-state index contributed by atoms with van der Waals surface area (Å²) in [5.74, 6) is 0. The molecule has 90 valence electrons. The Morgan fingerprint density at radius 2 is 1.06 bits per heavy atom. The van der Waals surface area contributed by atoms with Crippen molar-refractivity contribution in [2.45, 2.75) is 22.5 Å². The molecule has 0 saturated heterocycles. The Balaban J connectivity index is 2.00. The van der Waals surface area contributed by atoms with Crippen LogP contribution in [0.3, 0.4) is 0 Å². The molecule has 18 heavy (non-hydrogen) atoms. The number of benzene rings is 2. The first kappa shape index (κ1) is 11.3. The van der Waals surface area contributed by atoms with Crippen molar-refractivity contribution in [3.63, 3.8) is 0 Å². The topological polar surface area (TPSA) is 0 Å². The molecular weight excluding hydrogens is 350 g/mol. The van der Waals surface area contributed by atoms with Gasteiger partial charge >= 0.3 is 121 Å². The van der Waals surface area contributed by atoms with Crippen LogP contribution in [0.25, 0.3) is 0 Å². The molecule has 2 heterocycles. The van der Waals surface area contributed by atoms with Gasteiger partial charge in [-0.1, -0.05) is 0 Å². The van der Waals surface area contributed by atoms with Gasteiger partial charge in [-0.25, -0.2) is 0 Å². The summed E-state index contributed by atoms with van der Waals surface area (Å²) in [5.41, 5.74) is 3.26. The number of hydrogen-bond acceptors (Lipinski definition) is 0. The predicted molar refractivity (Wildman–Crippen MR) is 78.4 cm³/mol. The van der Waals surface area contributed by atoms with Gasteiger partial charge in [0, 0.05) is 0 Å². The van der Waals surface area contributed by atoms with Crippen molar-refractivity contribution in [1.29, 1.82) is 0 Å². The normalized spacial score (nSPS) is 31.9. The fourth-order valence-electron chi connectivity index (χ4n) is 3.16. The van der Waals surface area contributed by atoms with Crippen LogP contribution in [0.5, 0.6) is 0 Å². The van der Waals surface area contributed by atoms with E-state index in [0.29, 0.717) is 38.5 Å². The summed E-state index contributed by atoms with van der Waals surface area (Å²) in [6.07, 6.45) is 0. The van der Waals surface area contributed by atoms with E-state index in [4.69, 9.17) is 0 Å². The molecule has 0 fully saturated rings. The summed E-state index contributed by atoms with van der Waals surface area (Å²) in [5, 5.41) is 0. The van der Waals surface area contributed by atoms with Crippen molar-refractivity contribution in [2.75, 3.05) is 0 Å². The summed E-state index contributed by atoms with van der Waals surface area (Å²) in [4.78, 5) is 0. The molecule has 2 unspecified atom stereocenters. The van der Waals surface area contributed by atoms with E-state index in [1.807, 2.05) is 0 Å². The SMILES string of the molecule is CC12[Se]c3ccccc3C1(C)[Se]c1ccccc12. The van der Waals surface area contributed by atoms with Crippen LogP contribution in [-0.2, 0) is 8.63 Å². The Hall–Kier alpha value is -0.521. The molecule has 0 amide bonds. The average molecular weight is 364 g/mol. The maximum absolute atomic E-state index is 2.50. The molecule has 0 nitrogen and oxygen atoms in total. The summed E-state index contributed by atoms with van der Waals surface area (Å²) in [7, 11) is 0. The van der Waals surface area contributed by atoms with Crippen LogP contribution >= 0.6 is 0 Å². The van der Waals surface area contributed by atoms with Crippen LogP contribution in [0.1, 0.15) is 25.0 Å². The van der Waals surface area contributed by atoms with Gasteiger partial charge in [0.15, 0.2) is 0 Å². The monoisotopic (exact) mass is 366 g/mol. The zero-order chi connectivity index (χ0) is 12.4. The molecule has 2 aromatic rings. The zero-order valence-electron chi connectivity index (χ0n) is 10.4. The second-order valence-corrected chi connectivity index (χ2v) is 11.4. The molecule has 0 aliphatic carbocycles. The Labute approximate surface area is 120 Å². The molecule has 4 rings (SSSR count). The van der Waals surface area contributed by atoms with Gasteiger partial charge in [-0.3, -0.25) is 0 Å². The van der Waals surface area contributed by atoms with Crippen LogP contribution < -0.4 is 8.92 Å². The van der Waals surface area contributed by atoms with Crippen LogP contribution in [0.15, 0.2) is 48.5 Å². The molecule has 0 bridgehead atoms. The molecule has 0 saturated carbocycles. The first-order chi connectivity index (χ1) is 8.65. The molecular formula is C16H14Se2. The molecule has 0 N–H and O–H groups in total. The fourth-order valence-corrected chi connectivity index (χ4v) is 11.3. The van der Waals surface area contributed by atoms with Gasteiger partial charge in [-0.15, -0.1) is 0 Å². The summed E-state index contributed by atoms with van der Waals surface area (Å²) in [6.45, 7) is 5.00. The molecule has 0 radical (unpaired) electrons. The van der Waals surface area contributed by atoms with Crippen molar-refractivity contribution in [2.24, 2.45) is 0 Å². The van der Waals surface area contributed by atoms with Gasteiger partial charge in [-0.05, 0) is 0 Å². The van der Waals surface area contributed by atoms with E-state index in [1.165, 1.54) is 0 Å². The maximum atomic E-state index is 2.50. The first-order valence-electron chi connectivity index (χ1n) is 6.22. The van der Waals surface area contributed by atoms with Crippen molar-refractivity contribution in [3.8, 4) is 0 Å². The van der Waals surface area contributed by atoms with Gasteiger partial charge in [0.05, 0.1) is 0 Å². The summed E-state index contributed by atoms with van der Waals surface area (Å²) >= 11 is 1.12. The van der Waals surface area contributed by atoms with Gasteiger partial charge in [0.1, 0.15) is 0 Å². The third-order valence-corrected chi connectivity index (χ3v) is 11.8. The minimum absolute atomic E-state index is 0.375. The van der Waals surface area contributed by atoms with Crippen molar-refractivity contribution < 1.29 is 0 Å². The van der Waals surface area contributed by atoms with E-state index in [2.05, 4.69) is 62.4 Å². The standard InChI is InChI=1S/C16H14Se2/c1-15-11-7-3-5-9-13(11)18-16(15,2)12-8-4-6-10-14(12)17-15/h3-10H,1-2H3. The first-order valence-corrected chi connectivity index (χ1v) is 9.65. The van der Waals surface area contributed by atoms with Gasteiger partial charge in [0.2, 0.25) is 0 Å². The van der Waals surface area contributed by atoms with E-state index >= 15 is 0 Å². The van der Waals surface area contributed by atoms with Crippen LogP contribution in [0.2, 0.25) is 0 Å². The third kappa shape index (κ3) is 1.18. The van der Waals surface area contributed by atoms with E-state index in [1.54, 1.807) is 20.1 Å². The molecule has 2 aliphatic rings. The molecule has 2 aromatic carbocycles. The van der Waals surface area contributed by atoms with E-state index in [-0.39, 0.29) is 0 Å². The zero-order valence-corrected chi connectivity index (χ0v) is 13.9. The average Bonchev–Trinajstić information content (AvgIpc) is 2.73. The molecule has 2 heteroatoms. The van der Waals surface area contributed by atoms with E-state index in [9.17, 15) is 0 Å².